The summed E-state index contributed by atoms with van der Waals surface area (Å²) in [7, 11) is 0. The van der Waals surface area contributed by atoms with Crippen LogP contribution < -0.4 is 5.32 Å². The monoisotopic (exact) mass is 229 g/mol. The van der Waals surface area contributed by atoms with Crippen LogP contribution >= 0.6 is 0 Å². The number of rotatable bonds is 2. The molecule has 17 heavy (non-hydrogen) atoms. The molecule has 0 aromatic heterocycles. The fourth-order valence-corrected chi connectivity index (χ4v) is 2.50. The molecule has 2 heterocycles. The van der Waals surface area contributed by atoms with Crippen molar-refractivity contribution in [1.29, 1.82) is 0 Å². The van der Waals surface area contributed by atoms with Crippen LogP contribution in [-0.2, 0) is 9.53 Å². The first-order valence-corrected chi connectivity index (χ1v) is 6.06. The second kappa shape index (κ2) is 4.24. The Hall–Kier alpha value is -1.77. The predicted molar refractivity (Wildman–Crippen MR) is 65.9 cm³/mol. The third-order valence-corrected chi connectivity index (χ3v) is 3.35. The molecule has 1 atom stereocenters. The van der Waals surface area contributed by atoms with Gasteiger partial charge < -0.3 is 10.1 Å². The summed E-state index contributed by atoms with van der Waals surface area (Å²) in [6.45, 7) is 1.49. The normalized spacial score (nSPS) is 22.1. The number of ether oxygens (including phenoxy) is 1. The van der Waals surface area contributed by atoms with Crippen LogP contribution in [0.3, 0.4) is 0 Å². The summed E-state index contributed by atoms with van der Waals surface area (Å²) in [5.74, 6) is 0.653. The van der Waals surface area contributed by atoms with E-state index in [0.29, 0.717) is 12.4 Å². The number of anilines is 1. The van der Waals surface area contributed by atoms with Crippen LogP contribution in [0, 0.1) is 0 Å². The molecule has 2 aliphatic heterocycles. The zero-order valence-electron chi connectivity index (χ0n) is 9.61. The van der Waals surface area contributed by atoms with Crippen molar-refractivity contribution in [2.45, 2.75) is 18.8 Å². The number of hydrogen-bond donors (Lipinski definition) is 1. The first kappa shape index (κ1) is 10.4. The van der Waals surface area contributed by atoms with Gasteiger partial charge in [-0.15, -0.1) is 0 Å². The Morgan fingerprint density at radius 3 is 3.06 bits per heavy atom. The average molecular weight is 229 g/mol. The van der Waals surface area contributed by atoms with Gasteiger partial charge in [0, 0.05) is 18.7 Å². The fourth-order valence-electron chi connectivity index (χ4n) is 2.50. The van der Waals surface area contributed by atoms with Crippen molar-refractivity contribution in [2.75, 3.05) is 18.5 Å². The van der Waals surface area contributed by atoms with Gasteiger partial charge >= 0.3 is 0 Å². The standard InChI is InChI=1S/C14H15NO2/c16-14(13-6-3-9-17-13)11-7-8-15-12-5-2-1-4-10(11)12/h1-2,4-6,11,15H,3,7-9H2. The third-order valence-electron chi connectivity index (χ3n) is 3.35. The summed E-state index contributed by atoms with van der Waals surface area (Å²) >= 11 is 0. The number of Topliss-reactive ketones (excluding diaryl/α,β-unsaturated/α-hetero) is 1. The molecule has 0 amide bonds. The van der Waals surface area contributed by atoms with E-state index in [1.54, 1.807) is 0 Å². The van der Waals surface area contributed by atoms with Crippen LogP contribution in [-0.4, -0.2) is 18.9 Å². The van der Waals surface area contributed by atoms with Crippen molar-refractivity contribution in [3.63, 3.8) is 0 Å². The molecule has 1 aromatic rings. The first-order chi connectivity index (χ1) is 8.36. The van der Waals surface area contributed by atoms with Gasteiger partial charge in [0.15, 0.2) is 5.76 Å². The molecule has 0 radical (unpaired) electrons. The molecule has 1 unspecified atom stereocenters. The van der Waals surface area contributed by atoms with E-state index < -0.39 is 0 Å². The lowest BCUT2D eigenvalue weighted by atomic mass is 9.87. The molecule has 3 nitrogen and oxygen atoms in total. The Balaban J connectivity index is 1.92. The number of allylic oxidation sites excluding steroid dienone is 1. The van der Waals surface area contributed by atoms with E-state index in [1.165, 1.54) is 0 Å². The van der Waals surface area contributed by atoms with Crippen molar-refractivity contribution >= 4 is 11.5 Å². The van der Waals surface area contributed by atoms with E-state index in [2.05, 4.69) is 5.32 Å². The zero-order valence-corrected chi connectivity index (χ0v) is 9.61. The van der Waals surface area contributed by atoms with Crippen molar-refractivity contribution in [1.82, 2.24) is 0 Å². The Morgan fingerprint density at radius 1 is 1.35 bits per heavy atom. The number of para-hydroxylation sites is 1. The van der Waals surface area contributed by atoms with Gasteiger partial charge in [-0.05, 0) is 24.1 Å². The molecule has 2 aliphatic rings. The molecular formula is C14H15NO2. The van der Waals surface area contributed by atoms with Crippen LogP contribution in [0.5, 0.6) is 0 Å². The van der Waals surface area contributed by atoms with Crippen LogP contribution in [0.15, 0.2) is 36.1 Å². The van der Waals surface area contributed by atoms with Gasteiger partial charge in [0.2, 0.25) is 5.78 Å². The number of fused-ring (bicyclic) bond motifs is 1. The molecule has 0 spiro atoms. The second-order valence-electron chi connectivity index (χ2n) is 4.43. The first-order valence-electron chi connectivity index (χ1n) is 6.06. The van der Waals surface area contributed by atoms with Crippen LogP contribution in [0.1, 0.15) is 24.3 Å². The third kappa shape index (κ3) is 1.82. The topological polar surface area (TPSA) is 38.3 Å². The minimum Gasteiger partial charge on any atom is -0.490 e. The Morgan fingerprint density at radius 2 is 2.24 bits per heavy atom. The number of hydrogen-bond acceptors (Lipinski definition) is 3. The van der Waals surface area contributed by atoms with Gasteiger partial charge in [0.05, 0.1) is 12.5 Å². The quantitative estimate of drug-likeness (QED) is 0.846. The number of carbonyl (C=O) groups is 1. The molecule has 0 saturated carbocycles. The minimum atomic E-state index is -0.0446. The molecule has 3 rings (SSSR count). The summed E-state index contributed by atoms with van der Waals surface area (Å²) in [4.78, 5) is 12.3. The number of benzene rings is 1. The van der Waals surface area contributed by atoms with Crippen molar-refractivity contribution in [3.05, 3.63) is 41.7 Å². The maximum Gasteiger partial charge on any atom is 0.204 e. The smallest absolute Gasteiger partial charge is 0.204 e. The van der Waals surface area contributed by atoms with Crippen molar-refractivity contribution < 1.29 is 9.53 Å². The van der Waals surface area contributed by atoms with E-state index >= 15 is 0 Å². The van der Waals surface area contributed by atoms with E-state index in [4.69, 9.17) is 4.74 Å². The highest BCUT2D eigenvalue weighted by molar-refractivity contribution is 6.00. The molecule has 0 fully saturated rings. The van der Waals surface area contributed by atoms with Crippen LogP contribution in [0.4, 0.5) is 5.69 Å². The maximum atomic E-state index is 12.3. The van der Waals surface area contributed by atoms with Crippen LogP contribution in [0.2, 0.25) is 0 Å². The molecule has 0 aliphatic carbocycles. The highest BCUT2D eigenvalue weighted by Crippen LogP contribution is 2.34. The second-order valence-corrected chi connectivity index (χ2v) is 4.43. The lowest BCUT2D eigenvalue weighted by molar-refractivity contribution is -0.120. The SMILES string of the molecule is O=C(C1=CCCO1)C1CCNc2ccccc21. The van der Waals surface area contributed by atoms with Crippen molar-refractivity contribution in [3.8, 4) is 0 Å². The Labute approximate surface area is 100 Å². The number of ketones is 1. The van der Waals surface area contributed by atoms with Crippen molar-refractivity contribution in [2.24, 2.45) is 0 Å². The largest absolute Gasteiger partial charge is 0.490 e. The summed E-state index contributed by atoms with van der Waals surface area (Å²) in [6.07, 6.45) is 3.61. The number of carbonyl (C=O) groups excluding carboxylic acids is 1. The van der Waals surface area contributed by atoms with E-state index in [9.17, 15) is 4.79 Å². The molecule has 88 valence electrons. The van der Waals surface area contributed by atoms with E-state index in [0.717, 1.165) is 30.6 Å². The average Bonchev–Trinajstić information content (AvgIpc) is 2.91. The maximum absolute atomic E-state index is 12.3. The van der Waals surface area contributed by atoms with E-state index in [1.807, 2.05) is 30.3 Å². The summed E-state index contributed by atoms with van der Waals surface area (Å²) in [6, 6.07) is 8.03. The molecule has 0 saturated heterocycles. The summed E-state index contributed by atoms with van der Waals surface area (Å²) in [5.41, 5.74) is 2.18. The van der Waals surface area contributed by atoms with Gasteiger partial charge in [-0.25, -0.2) is 0 Å². The van der Waals surface area contributed by atoms with Gasteiger partial charge in [-0.1, -0.05) is 18.2 Å². The van der Waals surface area contributed by atoms with Gasteiger partial charge in [0.1, 0.15) is 0 Å². The Bertz CT molecular complexity index is 479. The zero-order chi connectivity index (χ0) is 11.7. The Kier molecular flexibility index (Phi) is 2.59. The van der Waals surface area contributed by atoms with E-state index in [-0.39, 0.29) is 11.7 Å². The van der Waals surface area contributed by atoms with Gasteiger partial charge in [-0.3, -0.25) is 4.79 Å². The summed E-state index contributed by atoms with van der Waals surface area (Å²) in [5, 5.41) is 3.33. The lowest BCUT2D eigenvalue weighted by Gasteiger charge is -2.25. The number of nitrogens with one attached hydrogen (secondary N) is 1. The molecular weight excluding hydrogens is 214 g/mol. The van der Waals surface area contributed by atoms with Gasteiger partial charge in [0.25, 0.3) is 0 Å². The summed E-state index contributed by atoms with van der Waals surface area (Å²) < 4.78 is 5.37. The minimum absolute atomic E-state index is 0.0446. The molecule has 1 aromatic carbocycles. The highest BCUT2D eigenvalue weighted by atomic mass is 16.5. The molecule has 3 heteroatoms. The van der Waals surface area contributed by atoms with Crippen LogP contribution in [0.25, 0.3) is 0 Å². The molecule has 1 N–H and O–H groups in total. The lowest BCUT2D eigenvalue weighted by Crippen LogP contribution is -2.24. The van der Waals surface area contributed by atoms with Gasteiger partial charge in [-0.2, -0.15) is 0 Å². The molecule has 0 bridgehead atoms. The highest BCUT2D eigenvalue weighted by Gasteiger charge is 2.30. The predicted octanol–water partition coefficient (Wildman–Crippen LogP) is 2.46. The fraction of sp³-hybridized carbons (Fsp3) is 0.357.